The molecule has 0 spiro atoms. The minimum Gasteiger partial charge on any atom is -0.477 e. The largest absolute Gasteiger partial charge is 0.477 e. The number of rotatable bonds is 1. The number of nitrogens with two attached hydrogens (primary N) is 1. The Morgan fingerprint density at radius 2 is 2.07 bits per heavy atom. The summed E-state index contributed by atoms with van der Waals surface area (Å²) in [6.45, 7) is 0. The molecule has 0 saturated carbocycles. The van der Waals surface area contributed by atoms with Crippen molar-refractivity contribution in [2.75, 3.05) is 5.73 Å². The molecule has 0 radical (unpaired) electrons. The maximum absolute atomic E-state index is 11.2. The molecule has 2 aromatic rings. The lowest BCUT2D eigenvalue weighted by Gasteiger charge is -1.99. The van der Waals surface area contributed by atoms with Crippen LogP contribution in [0.1, 0.15) is 10.4 Å². The van der Waals surface area contributed by atoms with E-state index in [2.05, 4.69) is 0 Å². The van der Waals surface area contributed by atoms with Gasteiger partial charge in [0.25, 0.3) is 0 Å². The molecule has 3 N–H and O–H groups in total. The van der Waals surface area contributed by atoms with E-state index in [-0.39, 0.29) is 11.1 Å². The van der Waals surface area contributed by atoms with Gasteiger partial charge in [0.2, 0.25) is 0 Å². The summed E-state index contributed by atoms with van der Waals surface area (Å²) in [6.07, 6.45) is 0. The minimum absolute atomic E-state index is 0.282. The predicted octanol–water partition coefficient (Wildman–Crippen LogP) is 1.07. The number of benzene rings is 1. The normalized spacial score (nSPS) is 10.4. The number of carbonyl (C=O) groups is 1. The summed E-state index contributed by atoms with van der Waals surface area (Å²) >= 11 is 0. The van der Waals surface area contributed by atoms with Crippen molar-refractivity contribution in [2.45, 2.75) is 0 Å². The van der Waals surface area contributed by atoms with Gasteiger partial charge in [-0.1, -0.05) is 0 Å². The molecule has 0 saturated heterocycles. The molecule has 15 heavy (non-hydrogen) atoms. The van der Waals surface area contributed by atoms with E-state index in [1.54, 1.807) is 12.1 Å². The lowest BCUT2D eigenvalue weighted by atomic mass is 10.2. The van der Waals surface area contributed by atoms with Gasteiger partial charge in [0.15, 0.2) is 0 Å². The maximum Gasteiger partial charge on any atom is 0.351 e. The molecule has 0 atom stereocenters. The molecule has 0 amide bonds. The van der Waals surface area contributed by atoms with Crippen LogP contribution in [0.15, 0.2) is 33.5 Å². The molecule has 5 heteroatoms. The van der Waals surface area contributed by atoms with Crippen LogP contribution in [0.2, 0.25) is 0 Å². The molecule has 76 valence electrons. The van der Waals surface area contributed by atoms with E-state index in [4.69, 9.17) is 15.3 Å². The fraction of sp³-hybridized carbons (Fsp3) is 0. The SMILES string of the molecule is Nc1ccc2cc(C(=O)O)c(=O)oc2c1. The lowest BCUT2D eigenvalue weighted by Crippen LogP contribution is -2.12. The van der Waals surface area contributed by atoms with Gasteiger partial charge in [-0.2, -0.15) is 0 Å². The topological polar surface area (TPSA) is 93.5 Å². The predicted molar refractivity (Wildman–Crippen MR) is 53.9 cm³/mol. The maximum atomic E-state index is 11.2. The molecule has 0 fully saturated rings. The van der Waals surface area contributed by atoms with Crippen molar-refractivity contribution in [3.05, 3.63) is 40.2 Å². The van der Waals surface area contributed by atoms with Crippen LogP contribution in [0.25, 0.3) is 11.0 Å². The van der Waals surface area contributed by atoms with Crippen molar-refractivity contribution in [2.24, 2.45) is 0 Å². The van der Waals surface area contributed by atoms with Crippen LogP contribution in [0.3, 0.4) is 0 Å². The van der Waals surface area contributed by atoms with E-state index >= 15 is 0 Å². The number of aromatic carboxylic acids is 1. The van der Waals surface area contributed by atoms with Crippen LogP contribution in [0.4, 0.5) is 5.69 Å². The van der Waals surface area contributed by atoms with Crippen molar-refractivity contribution in [3.8, 4) is 0 Å². The van der Waals surface area contributed by atoms with E-state index in [0.717, 1.165) is 0 Å². The summed E-state index contributed by atoms with van der Waals surface area (Å²) in [5, 5.41) is 9.22. The molecule has 0 aliphatic rings. The van der Waals surface area contributed by atoms with Crippen molar-refractivity contribution in [3.63, 3.8) is 0 Å². The Kier molecular flexibility index (Phi) is 1.93. The Labute approximate surface area is 83.7 Å². The highest BCUT2D eigenvalue weighted by Gasteiger charge is 2.11. The quantitative estimate of drug-likeness (QED) is 0.536. The molecule has 1 aromatic carbocycles. The monoisotopic (exact) mass is 205 g/mol. The van der Waals surface area contributed by atoms with E-state index in [9.17, 15) is 9.59 Å². The molecule has 5 nitrogen and oxygen atoms in total. The van der Waals surface area contributed by atoms with Gasteiger partial charge >= 0.3 is 11.6 Å². The average molecular weight is 205 g/mol. The van der Waals surface area contributed by atoms with Crippen molar-refractivity contribution in [1.82, 2.24) is 0 Å². The average Bonchev–Trinajstić information content (AvgIpc) is 2.15. The van der Waals surface area contributed by atoms with Gasteiger partial charge < -0.3 is 15.3 Å². The Balaban J connectivity index is 2.82. The fourth-order valence-electron chi connectivity index (χ4n) is 1.28. The third kappa shape index (κ3) is 1.54. The van der Waals surface area contributed by atoms with Crippen LogP contribution < -0.4 is 11.4 Å². The second-order valence-electron chi connectivity index (χ2n) is 3.05. The number of anilines is 1. The van der Waals surface area contributed by atoms with Crippen molar-refractivity contribution < 1.29 is 14.3 Å². The molecule has 0 aliphatic carbocycles. The third-order valence-electron chi connectivity index (χ3n) is 1.99. The molecule has 1 heterocycles. The summed E-state index contributed by atoms with van der Waals surface area (Å²) in [5.41, 5.74) is 4.97. The highest BCUT2D eigenvalue weighted by Crippen LogP contribution is 2.16. The Morgan fingerprint density at radius 1 is 1.33 bits per heavy atom. The third-order valence-corrected chi connectivity index (χ3v) is 1.99. The molecular formula is C10H7NO4. The zero-order valence-electron chi connectivity index (χ0n) is 7.56. The van der Waals surface area contributed by atoms with E-state index in [1.807, 2.05) is 0 Å². The zero-order chi connectivity index (χ0) is 11.0. The summed E-state index contributed by atoms with van der Waals surface area (Å²) in [4.78, 5) is 21.8. The molecule has 0 aliphatic heterocycles. The van der Waals surface area contributed by atoms with Crippen molar-refractivity contribution in [1.29, 1.82) is 0 Å². The highest BCUT2D eigenvalue weighted by molar-refractivity contribution is 5.92. The first-order valence-electron chi connectivity index (χ1n) is 4.14. The van der Waals surface area contributed by atoms with Gasteiger partial charge in [-0.05, 0) is 18.2 Å². The van der Waals surface area contributed by atoms with Crippen LogP contribution in [-0.4, -0.2) is 11.1 Å². The Hall–Kier alpha value is -2.30. The second-order valence-corrected chi connectivity index (χ2v) is 3.05. The molecule has 0 unspecified atom stereocenters. The molecular weight excluding hydrogens is 198 g/mol. The standard InChI is InChI=1S/C10H7NO4/c11-6-2-1-5-3-7(9(12)13)10(14)15-8(5)4-6/h1-4H,11H2,(H,12,13). The van der Waals surface area contributed by atoms with Crippen LogP contribution in [0, 0.1) is 0 Å². The molecule has 0 bridgehead atoms. The Morgan fingerprint density at radius 3 is 2.73 bits per heavy atom. The Bertz CT molecular complexity index is 600. The van der Waals surface area contributed by atoms with Gasteiger partial charge in [0.05, 0.1) is 0 Å². The fourth-order valence-corrected chi connectivity index (χ4v) is 1.28. The van der Waals surface area contributed by atoms with Gasteiger partial charge in [-0.15, -0.1) is 0 Å². The lowest BCUT2D eigenvalue weighted by molar-refractivity contribution is 0.0692. The van der Waals surface area contributed by atoms with E-state index < -0.39 is 11.6 Å². The van der Waals surface area contributed by atoms with Gasteiger partial charge in [0, 0.05) is 17.1 Å². The zero-order valence-corrected chi connectivity index (χ0v) is 7.56. The summed E-state index contributed by atoms with van der Waals surface area (Å²) < 4.78 is 4.82. The van der Waals surface area contributed by atoms with Crippen LogP contribution >= 0.6 is 0 Å². The van der Waals surface area contributed by atoms with E-state index in [1.165, 1.54) is 12.1 Å². The summed E-state index contributed by atoms with van der Waals surface area (Å²) in [6, 6.07) is 5.94. The molecule has 2 rings (SSSR count). The van der Waals surface area contributed by atoms with Crippen LogP contribution in [-0.2, 0) is 0 Å². The van der Waals surface area contributed by atoms with Crippen LogP contribution in [0.5, 0.6) is 0 Å². The first-order chi connectivity index (χ1) is 7.08. The van der Waals surface area contributed by atoms with Gasteiger partial charge in [0.1, 0.15) is 11.1 Å². The number of nitrogen functional groups attached to an aromatic ring is 1. The first-order valence-corrected chi connectivity index (χ1v) is 4.14. The van der Waals surface area contributed by atoms with E-state index in [0.29, 0.717) is 11.1 Å². The minimum atomic E-state index is -1.30. The van der Waals surface area contributed by atoms with Gasteiger partial charge in [-0.25, -0.2) is 9.59 Å². The number of carboxylic acid groups (broad SMARTS) is 1. The highest BCUT2D eigenvalue weighted by atomic mass is 16.4. The van der Waals surface area contributed by atoms with Gasteiger partial charge in [-0.3, -0.25) is 0 Å². The smallest absolute Gasteiger partial charge is 0.351 e. The number of fused-ring (bicyclic) bond motifs is 1. The number of hydrogen-bond donors (Lipinski definition) is 2. The van der Waals surface area contributed by atoms with Crippen molar-refractivity contribution >= 4 is 22.6 Å². The first kappa shape index (κ1) is 9.26. The summed E-state index contributed by atoms with van der Waals surface area (Å²) in [7, 11) is 0. The second kappa shape index (κ2) is 3.13. The molecule has 1 aromatic heterocycles. The summed E-state index contributed by atoms with van der Waals surface area (Å²) in [5.74, 6) is -1.30. The number of carboxylic acids is 1. The number of hydrogen-bond acceptors (Lipinski definition) is 4.